The molecule has 41 heavy (non-hydrogen) atoms. The van der Waals surface area contributed by atoms with Gasteiger partial charge in [-0.1, -0.05) is 59.6 Å². The standard InChI is InChI=1S/C29H28Cl2FN5O2S2/c1-16(20-11-17-6-7-18(20)10-17)37-26(13-39-25-5-3-2-4-23(25)32)35-36-29(37)41-15-27(38)34-28-33-24(14-40-28)19-8-9-21(30)22(31)12-19/h2-5,8-9,12,14,16-18,20H,6-7,10-11,13,15H2,1H3,(H,33,34,38)/t16-,17+,18+,20+/m1/s1. The molecular formula is C29H28Cl2FN5O2S2. The monoisotopic (exact) mass is 631 g/mol. The van der Waals surface area contributed by atoms with Gasteiger partial charge in [0.2, 0.25) is 5.91 Å². The van der Waals surface area contributed by atoms with E-state index in [-0.39, 0.29) is 30.1 Å². The number of benzene rings is 2. The highest BCUT2D eigenvalue weighted by Crippen LogP contribution is 2.52. The van der Waals surface area contributed by atoms with Gasteiger partial charge in [0.15, 0.2) is 27.7 Å². The minimum absolute atomic E-state index is 0.0858. The van der Waals surface area contributed by atoms with E-state index in [1.54, 1.807) is 30.3 Å². The molecule has 6 rings (SSSR count). The van der Waals surface area contributed by atoms with Gasteiger partial charge < -0.3 is 10.1 Å². The number of para-hydroxylation sites is 1. The molecule has 0 aliphatic heterocycles. The molecule has 2 heterocycles. The maximum Gasteiger partial charge on any atom is 0.236 e. The highest BCUT2D eigenvalue weighted by atomic mass is 35.5. The number of thiazole rings is 1. The molecule has 12 heteroatoms. The van der Waals surface area contributed by atoms with Gasteiger partial charge in [0, 0.05) is 17.0 Å². The van der Waals surface area contributed by atoms with Crippen molar-refractivity contribution >= 4 is 57.3 Å². The Labute approximate surface area is 255 Å². The Morgan fingerprint density at radius 3 is 2.80 bits per heavy atom. The van der Waals surface area contributed by atoms with Gasteiger partial charge in [0.25, 0.3) is 0 Å². The van der Waals surface area contributed by atoms with Crippen LogP contribution in [0.3, 0.4) is 0 Å². The number of thioether (sulfide) groups is 1. The minimum Gasteiger partial charge on any atom is -0.483 e. The van der Waals surface area contributed by atoms with Crippen molar-refractivity contribution in [1.29, 1.82) is 0 Å². The summed E-state index contributed by atoms with van der Waals surface area (Å²) in [5, 5.41) is 15.6. The molecule has 0 radical (unpaired) electrons. The third kappa shape index (κ3) is 6.26. The number of aromatic nitrogens is 4. The Morgan fingerprint density at radius 2 is 2.05 bits per heavy atom. The number of ether oxygens (including phenoxy) is 1. The Hall–Kier alpha value is -2.66. The second-order valence-corrected chi connectivity index (χ2v) is 13.2. The van der Waals surface area contributed by atoms with Crippen LogP contribution >= 0.6 is 46.3 Å². The number of rotatable bonds is 10. The number of carbonyl (C=O) groups is 1. The molecule has 214 valence electrons. The van der Waals surface area contributed by atoms with E-state index >= 15 is 0 Å². The molecule has 2 aliphatic rings. The fraction of sp³-hybridized carbons (Fsp3) is 0.379. The topological polar surface area (TPSA) is 81.9 Å². The molecular weight excluding hydrogens is 604 g/mol. The summed E-state index contributed by atoms with van der Waals surface area (Å²) in [6, 6.07) is 11.8. The van der Waals surface area contributed by atoms with Gasteiger partial charge in [-0.05, 0) is 68.2 Å². The zero-order chi connectivity index (χ0) is 28.5. The molecule has 7 nitrogen and oxygen atoms in total. The lowest BCUT2D eigenvalue weighted by Gasteiger charge is -2.30. The van der Waals surface area contributed by atoms with Crippen LogP contribution in [0, 0.1) is 23.6 Å². The average Bonchev–Trinajstić information content (AvgIpc) is 3.77. The Balaban J connectivity index is 1.15. The lowest BCUT2D eigenvalue weighted by atomic mass is 9.84. The second kappa shape index (κ2) is 12.3. The molecule has 4 aromatic rings. The zero-order valence-electron chi connectivity index (χ0n) is 22.2. The maximum absolute atomic E-state index is 14.2. The number of nitrogens with one attached hydrogen (secondary N) is 1. The van der Waals surface area contributed by atoms with Gasteiger partial charge in [0.1, 0.15) is 6.61 Å². The molecule has 2 aromatic carbocycles. The quantitative estimate of drug-likeness (QED) is 0.178. The lowest BCUT2D eigenvalue weighted by Crippen LogP contribution is -2.25. The van der Waals surface area contributed by atoms with E-state index in [1.165, 1.54) is 54.8 Å². The maximum atomic E-state index is 14.2. The molecule has 0 spiro atoms. The molecule has 4 atom stereocenters. The van der Waals surface area contributed by atoms with E-state index in [1.807, 2.05) is 11.4 Å². The summed E-state index contributed by atoms with van der Waals surface area (Å²) in [7, 11) is 0. The SMILES string of the molecule is C[C@H]([C@@H]1C[C@H]2CC[C@H]1C2)n1c(COc2ccccc2F)nnc1SCC(=O)Nc1nc(-c2ccc(Cl)c(Cl)c2)cs1. The summed E-state index contributed by atoms with van der Waals surface area (Å²) in [5.74, 6) is 2.30. The van der Waals surface area contributed by atoms with E-state index in [0.29, 0.717) is 43.7 Å². The first-order valence-corrected chi connectivity index (χ1v) is 16.1. The van der Waals surface area contributed by atoms with Gasteiger partial charge in [-0.3, -0.25) is 9.36 Å². The average molecular weight is 633 g/mol. The molecule has 0 saturated heterocycles. The van der Waals surface area contributed by atoms with Gasteiger partial charge in [-0.15, -0.1) is 21.5 Å². The number of nitrogens with zero attached hydrogens (tertiary/aromatic N) is 4. The van der Waals surface area contributed by atoms with Gasteiger partial charge in [-0.2, -0.15) is 0 Å². The fourth-order valence-electron chi connectivity index (χ4n) is 6.10. The Morgan fingerprint density at radius 1 is 1.20 bits per heavy atom. The van der Waals surface area contributed by atoms with Gasteiger partial charge in [0.05, 0.1) is 21.5 Å². The summed E-state index contributed by atoms with van der Waals surface area (Å²) < 4.78 is 22.1. The molecule has 1 amide bonds. The summed E-state index contributed by atoms with van der Waals surface area (Å²) >= 11 is 14.8. The number of hydrogen-bond acceptors (Lipinski definition) is 7. The molecule has 2 aliphatic carbocycles. The van der Waals surface area contributed by atoms with E-state index in [9.17, 15) is 9.18 Å². The van der Waals surface area contributed by atoms with Crippen molar-refractivity contribution < 1.29 is 13.9 Å². The van der Waals surface area contributed by atoms with Crippen LogP contribution in [-0.4, -0.2) is 31.4 Å². The fourth-order valence-corrected chi connectivity index (χ4v) is 7.97. The summed E-state index contributed by atoms with van der Waals surface area (Å²) in [6.07, 6.45) is 5.03. The van der Waals surface area contributed by atoms with Crippen LogP contribution in [0.2, 0.25) is 10.0 Å². The molecule has 2 bridgehead atoms. The summed E-state index contributed by atoms with van der Waals surface area (Å²) in [4.78, 5) is 17.4. The van der Waals surface area contributed by atoms with Crippen molar-refractivity contribution in [2.45, 2.75) is 50.4 Å². The van der Waals surface area contributed by atoms with Crippen molar-refractivity contribution in [1.82, 2.24) is 19.7 Å². The molecule has 1 N–H and O–H groups in total. The highest BCUT2D eigenvalue weighted by Gasteiger charge is 2.43. The number of halogens is 3. The number of fused-ring (bicyclic) bond motifs is 2. The third-order valence-electron chi connectivity index (χ3n) is 8.05. The summed E-state index contributed by atoms with van der Waals surface area (Å²) in [5.41, 5.74) is 1.52. The number of amides is 1. The second-order valence-electron chi connectivity index (χ2n) is 10.6. The molecule has 2 saturated carbocycles. The largest absolute Gasteiger partial charge is 0.483 e. The first-order chi connectivity index (χ1) is 19.9. The van der Waals surface area contributed by atoms with Crippen molar-refractivity contribution in [2.75, 3.05) is 11.1 Å². The van der Waals surface area contributed by atoms with Crippen LogP contribution in [-0.2, 0) is 11.4 Å². The highest BCUT2D eigenvalue weighted by molar-refractivity contribution is 7.99. The van der Waals surface area contributed by atoms with Gasteiger partial charge in [-0.25, -0.2) is 9.37 Å². The van der Waals surface area contributed by atoms with Crippen LogP contribution in [0.15, 0.2) is 53.0 Å². The van der Waals surface area contributed by atoms with Crippen LogP contribution < -0.4 is 10.1 Å². The predicted molar refractivity (Wildman–Crippen MR) is 161 cm³/mol. The number of anilines is 1. The Bertz CT molecular complexity index is 1560. The number of carbonyl (C=O) groups excluding carboxylic acids is 1. The zero-order valence-corrected chi connectivity index (χ0v) is 25.4. The third-order valence-corrected chi connectivity index (χ3v) is 10.5. The number of hydrogen-bond donors (Lipinski definition) is 1. The minimum atomic E-state index is -0.421. The normalized spacial score (nSPS) is 20.3. The van der Waals surface area contributed by atoms with Crippen LogP contribution in [0.5, 0.6) is 5.75 Å². The Kier molecular flexibility index (Phi) is 8.53. The first-order valence-electron chi connectivity index (χ1n) is 13.5. The lowest BCUT2D eigenvalue weighted by molar-refractivity contribution is -0.113. The predicted octanol–water partition coefficient (Wildman–Crippen LogP) is 8.15. The molecule has 0 unspecified atom stereocenters. The summed E-state index contributed by atoms with van der Waals surface area (Å²) in [6.45, 7) is 2.29. The van der Waals surface area contributed by atoms with Crippen molar-refractivity contribution in [3.63, 3.8) is 0 Å². The molecule has 2 fully saturated rings. The van der Waals surface area contributed by atoms with E-state index in [2.05, 4.69) is 32.0 Å². The smallest absolute Gasteiger partial charge is 0.236 e. The van der Waals surface area contributed by atoms with Crippen LogP contribution in [0.1, 0.15) is 44.5 Å². The first kappa shape index (κ1) is 28.5. The van der Waals surface area contributed by atoms with E-state index in [4.69, 9.17) is 27.9 Å². The van der Waals surface area contributed by atoms with E-state index < -0.39 is 5.82 Å². The van der Waals surface area contributed by atoms with Gasteiger partial charge >= 0.3 is 0 Å². The van der Waals surface area contributed by atoms with Crippen molar-refractivity contribution in [3.8, 4) is 17.0 Å². The van der Waals surface area contributed by atoms with Crippen molar-refractivity contribution in [3.05, 3.63) is 69.5 Å². The van der Waals surface area contributed by atoms with Crippen LogP contribution in [0.4, 0.5) is 9.52 Å². The van der Waals surface area contributed by atoms with Crippen molar-refractivity contribution in [2.24, 2.45) is 17.8 Å². The van der Waals surface area contributed by atoms with E-state index in [0.717, 1.165) is 11.5 Å². The molecule has 2 aromatic heterocycles. The van der Waals surface area contributed by atoms with Crippen LogP contribution in [0.25, 0.3) is 11.3 Å².